The standard InChI is InChI=1S/C16H17ClOS2/c1-12-4-2-6-15(8-12)19-10-14(18)11-20-16-7-3-5-13(17)9-16/h2-9,14,18H,10-11H2,1H3. The number of aryl methyl sites for hydroxylation is 1. The zero-order chi connectivity index (χ0) is 14.4. The van der Waals surface area contributed by atoms with E-state index in [0.29, 0.717) is 11.5 Å². The van der Waals surface area contributed by atoms with Gasteiger partial charge in [-0.2, -0.15) is 0 Å². The van der Waals surface area contributed by atoms with Gasteiger partial charge < -0.3 is 5.11 Å². The van der Waals surface area contributed by atoms with Crippen molar-refractivity contribution in [2.45, 2.75) is 22.8 Å². The minimum Gasteiger partial charge on any atom is -0.391 e. The van der Waals surface area contributed by atoms with Crippen molar-refractivity contribution in [1.29, 1.82) is 0 Å². The average molecular weight is 325 g/mol. The molecule has 0 aliphatic carbocycles. The molecule has 0 aliphatic rings. The molecule has 20 heavy (non-hydrogen) atoms. The SMILES string of the molecule is Cc1cccc(SCC(O)CSc2cccc(Cl)c2)c1. The molecule has 106 valence electrons. The number of benzene rings is 2. The van der Waals surface area contributed by atoms with Crippen LogP contribution < -0.4 is 0 Å². The Morgan fingerprint density at radius 1 is 1.00 bits per heavy atom. The maximum atomic E-state index is 10.0. The number of thioether (sulfide) groups is 2. The molecule has 0 fully saturated rings. The van der Waals surface area contributed by atoms with Gasteiger partial charge in [0, 0.05) is 26.3 Å². The van der Waals surface area contributed by atoms with Crippen LogP contribution in [0.4, 0.5) is 0 Å². The van der Waals surface area contributed by atoms with Crippen molar-refractivity contribution >= 4 is 35.1 Å². The van der Waals surface area contributed by atoms with Gasteiger partial charge in [-0.15, -0.1) is 23.5 Å². The summed E-state index contributed by atoms with van der Waals surface area (Å²) in [5, 5.41) is 10.8. The van der Waals surface area contributed by atoms with Crippen molar-refractivity contribution in [1.82, 2.24) is 0 Å². The Kier molecular flexibility index (Phi) is 6.30. The Bertz CT molecular complexity index is 510. The van der Waals surface area contributed by atoms with Gasteiger partial charge in [0.15, 0.2) is 0 Å². The van der Waals surface area contributed by atoms with E-state index in [-0.39, 0.29) is 6.10 Å². The predicted molar refractivity (Wildman–Crippen MR) is 90.1 cm³/mol. The third-order valence-electron chi connectivity index (χ3n) is 2.67. The van der Waals surface area contributed by atoms with Crippen LogP contribution in [0.3, 0.4) is 0 Å². The monoisotopic (exact) mass is 324 g/mol. The van der Waals surface area contributed by atoms with Crippen molar-refractivity contribution in [2.75, 3.05) is 11.5 Å². The first-order chi connectivity index (χ1) is 9.63. The fraction of sp³-hybridized carbons (Fsp3) is 0.250. The summed E-state index contributed by atoms with van der Waals surface area (Å²) in [6, 6.07) is 16.1. The van der Waals surface area contributed by atoms with Crippen molar-refractivity contribution in [3.05, 3.63) is 59.1 Å². The number of aliphatic hydroxyl groups is 1. The Hall–Kier alpha value is -0.610. The lowest BCUT2D eigenvalue weighted by Crippen LogP contribution is -2.12. The lowest BCUT2D eigenvalue weighted by atomic mass is 10.2. The van der Waals surface area contributed by atoms with Crippen molar-refractivity contribution in [2.24, 2.45) is 0 Å². The normalized spacial score (nSPS) is 12.3. The van der Waals surface area contributed by atoms with Crippen molar-refractivity contribution in [3.8, 4) is 0 Å². The molecule has 1 unspecified atom stereocenters. The van der Waals surface area contributed by atoms with Crippen LogP contribution in [0, 0.1) is 6.92 Å². The quantitative estimate of drug-likeness (QED) is 0.764. The Balaban J connectivity index is 1.77. The number of rotatable bonds is 6. The van der Waals surface area contributed by atoms with Gasteiger partial charge in [0.25, 0.3) is 0 Å². The number of hydrogen-bond donors (Lipinski definition) is 1. The first-order valence-electron chi connectivity index (χ1n) is 6.39. The van der Waals surface area contributed by atoms with Gasteiger partial charge in [-0.25, -0.2) is 0 Å². The molecular weight excluding hydrogens is 308 g/mol. The molecule has 2 aromatic carbocycles. The number of halogens is 1. The van der Waals surface area contributed by atoms with Crippen LogP contribution in [-0.2, 0) is 0 Å². The van der Waals surface area contributed by atoms with Gasteiger partial charge in [-0.1, -0.05) is 35.4 Å². The van der Waals surface area contributed by atoms with Gasteiger partial charge >= 0.3 is 0 Å². The van der Waals surface area contributed by atoms with Crippen LogP contribution in [0.5, 0.6) is 0 Å². The van der Waals surface area contributed by atoms with Crippen LogP contribution in [0.1, 0.15) is 5.56 Å². The Morgan fingerprint density at radius 3 is 2.20 bits per heavy atom. The Labute approximate surface area is 133 Å². The molecule has 0 aliphatic heterocycles. The number of aliphatic hydroxyl groups excluding tert-OH is 1. The summed E-state index contributed by atoms with van der Waals surface area (Å²) in [7, 11) is 0. The van der Waals surface area contributed by atoms with E-state index >= 15 is 0 Å². The van der Waals surface area contributed by atoms with Crippen LogP contribution >= 0.6 is 35.1 Å². The fourth-order valence-corrected chi connectivity index (χ4v) is 3.93. The summed E-state index contributed by atoms with van der Waals surface area (Å²) in [6.07, 6.45) is -0.329. The second-order valence-corrected chi connectivity index (χ2v) is 7.17. The minimum absolute atomic E-state index is 0.329. The molecule has 0 bridgehead atoms. The van der Waals surface area contributed by atoms with E-state index in [9.17, 15) is 5.11 Å². The zero-order valence-corrected chi connectivity index (χ0v) is 13.6. The van der Waals surface area contributed by atoms with E-state index in [1.165, 1.54) is 10.5 Å². The third-order valence-corrected chi connectivity index (χ3v) is 5.18. The van der Waals surface area contributed by atoms with Crippen LogP contribution in [-0.4, -0.2) is 22.7 Å². The molecule has 0 radical (unpaired) electrons. The summed E-state index contributed by atoms with van der Waals surface area (Å²) in [4.78, 5) is 2.30. The first kappa shape index (κ1) is 15.8. The van der Waals surface area contributed by atoms with Crippen LogP contribution in [0.25, 0.3) is 0 Å². The predicted octanol–water partition coefficient (Wildman–Crippen LogP) is 4.89. The summed E-state index contributed by atoms with van der Waals surface area (Å²) in [5.41, 5.74) is 1.25. The van der Waals surface area contributed by atoms with E-state index in [0.717, 1.165) is 9.92 Å². The highest BCUT2D eigenvalue weighted by molar-refractivity contribution is 8.00. The Morgan fingerprint density at radius 2 is 1.60 bits per heavy atom. The maximum Gasteiger partial charge on any atom is 0.0727 e. The molecule has 0 saturated heterocycles. The summed E-state index contributed by atoms with van der Waals surface area (Å²) < 4.78 is 0. The van der Waals surface area contributed by atoms with Gasteiger partial charge in [-0.05, 0) is 37.3 Å². The first-order valence-corrected chi connectivity index (χ1v) is 8.74. The van der Waals surface area contributed by atoms with Crippen LogP contribution in [0.15, 0.2) is 58.3 Å². The lowest BCUT2D eigenvalue weighted by molar-refractivity contribution is 0.225. The molecule has 0 heterocycles. The van der Waals surface area contributed by atoms with Gasteiger partial charge in [0.1, 0.15) is 0 Å². The summed E-state index contributed by atoms with van der Waals surface area (Å²) >= 11 is 9.26. The molecule has 1 N–H and O–H groups in total. The smallest absolute Gasteiger partial charge is 0.0727 e. The highest BCUT2D eigenvalue weighted by Crippen LogP contribution is 2.25. The molecule has 2 rings (SSSR count). The molecule has 1 nitrogen and oxygen atoms in total. The molecule has 2 aromatic rings. The highest BCUT2D eigenvalue weighted by atomic mass is 35.5. The molecule has 0 amide bonds. The maximum absolute atomic E-state index is 10.0. The summed E-state index contributed by atoms with van der Waals surface area (Å²) in [5.74, 6) is 1.39. The zero-order valence-electron chi connectivity index (χ0n) is 11.3. The van der Waals surface area contributed by atoms with Crippen molar-refractivity contribution in [3.63, 3.8) is 0 Å². The largest absolute Gasteiger partial charge is 0.391 e. The number of hydrogen-bond acceptors (Lipinski definition) is 3. The summed E-state index contributed by atoms with van der Waals surface area (Å²) in [6.45, 7) is 2.08. The van der Waals surface area contributed by atoms with E-state index < -0.39 is 0 Å². The van der Waals surface area contributed by atoms with E-state index in [1.807, 2.05) is 30.3 Å². The second-order valence-electron chi connectivity index (χ2n) is 4.55. The molecule has 0 spiro atoms. The lowest BCUT2D eigenvalue weighted by Gasteiger charge is -2.10. The van der Waals surface area contributed by atoms with Gasteiger partial charge in [0.2, 0.25) is 0 Å². The van der Waals surface area contributed by atoms with E-state index in [1.54, 1.807) is 23.5 Å². The van der Waals surface area contributed by atoms with E-state index in [4.69, 9.17) is 11.6 Å². The molecule has 4 heteroatoms. The van der Waals surface area contributed by atoms with Gasteiger partial charge in [0.05, 0.1) is 6.10 Å². The second kappa shape index (κ2) is 7.99. The van der Waals surface area contributed by atoms with Gasteiger partial charge in [-0.3, -0.25) is 0 Å². The topological polar surface area (TPSA) is 20.2 Å². The van der Waals surface area contributed by atoms with E-state index in [2.05, 4.69) is 25.1 Å². The fourth-order valence-electron chi connectivity index (χ4n) is 1.69. The molecular formula is C16H17ClOS2. The highest BCUT2D eigenvalue weighted by Gasteiger charge is 2.06. The molecule has 0 aromatic heterocycles. The molecule has 1 atom stereocenters. The van der Waals surface area contributed by atoms with Crippen molar-refractivity contribution < 1.29 is 5.11 Å². The van der Waals surface area contributed by atoms with Crippen LogP contribution in [0.2, 0.25) is 5.02 Å². The average Bonchev–Trinajstić information content (AvgIpc) is 2.43. The molecule has 0 saturated carbocycles. The third kappa shape index (κ3) is 5.41. The minimum atomic E-state index is -0.329.